The number of carboxylic acids is 1. The minimum Gasteiger partial charge on any atom is -0.480 e. The van der Waals surface area contributed by atoms with Gasteiger partial charge in [0.1, 0.15) is 6.04 Å². The summed E-state index contributed by atoms with van der Waals surface area (Å²) in [5.74, 6) is -0.963. The highest BCUT2D eigenvalue weighted by Crippen LogP contribution is 1.68. The number of hydrogen-bond acceptors (Lipinski definition) is 5. The maximum absolute atomic E-state index is 9.57. The molecular formula is C3H12N2O6S. The number of hydrogen-bond donors (Lipinski definition) is 5. The highest BCUT2D eigenvalue weighted by atomic mass is 32.3. The Kier molecular flexibility index (Phi) is 10.0. The predicted molar refractivity (Wildman–Crippen MR) is 40.5 cm³/mol. The maximum Gasteiger partial charge on any atom is 0.394 e. The monoisotopic (exact) mass is 204 g/mol. The van der Waals surface area contributed by atoms with Gasteiger partial charge in [-0.2, -0.15) is 8.42 Å². The van der Waals surface area contributed by atoms with E-state index in [0.29, 0.717) is 0 Å². The molecule has 0 radical (unpaired) electrons. The van der Waals surface area contributed by atoms with Gasteiger partial charge in [0.05, 0.1) is 0 Å². The zero-order chi connectivity index (χ0) is 9.65. The minimum atomic E-state index is -4.67. The second kappa shape index (κ2) is 6.94. The third-order valence-corrected chi connectivity index (χ3v) is 0.390. The molecular weight excluding hydrogens is 192 g/mol. The summed E-state index contributed by atoms with van der Waals surface area (Å²) in [7, 11) is -4.67. The summed E-state index contributed by atoms with van der Waals surface area (Å²) < 4.78 is 31.6. The van der Waals surface area contributed by atoms with Crippen LogP contribution in [0.4, 0.5) is 0 Å². The summed E-state index contributed by atoms with van der Waals surface area (Å²) in [5.41, 5.74) is 4.84. The van der Waals surface area contributed by atoms with Crippen LogP contribution >= 0.6 is 0 Å². The fourth-order valence-electron chi connectivity index (χ4n) is 0. The molecule has 0 amide bonds. The quantitative estimate of drug-likeness (QED) is 0.335. The molecule has 0 aromatic heterocycles. The van der Waals surface area contributed by atoms with E-state index in [2.05, 4.69) is 0 Å². The molecule has 0 aliphatic carbocycles. The fraction of sp³-hybridized carbons (Fsp3) is 0.667. The molecule has 0 aromatic carbocycles. The molecule has 1 atom stereocenters. The van der Waals surface area contributed by atoms with Crippen LogP contribution in [0.3, 0.4) is 0 Å². The summed E-state index contributed by atoms with van der Waals surface area (Å²) in [6.07, 6.45) is 0. The van der Waals surface area contributed by atoms with E-state index < -0.39 is 22.4 Å². The lowest BCUT2D eigenvalue weighted by molar-refractivity contribution is -0.138. The van der Waals surface area contributed by atoms with Crippen molar-refractivity contribution in [1.29, 1.82) is 0 Å². The first kappa shape index (κ1) is 17.4. The molecule has 9 heteroatoms. The molecule has 12 heavy (non-hydrogen) atoms. The molecule has 1 unspecified atom stereocenters. The molecule has 76 valence electrons. The Hall–Kier alpha value is -0.740. The van der Waals surface area contributed by atoms with Crippen LogP contribution in [0.15, 0.2) is 0 Å². The predicted octanol–water partition coefficient (Wildman–Crippen LogP) is -1.07. The summed E-state index contributed by atoms with van der Waals surface area (Å²) in [5, 5.41) is 7.87. The molecule has 0 aliphatic heterocycles. The molecule has 0 saturated carbocycles. The highest BCUT2D eigenvalue weighted by Gasteiger charge is 1.99. The van der Waals surface area contributed by atoms with Crippen LogP contribution in [0.5, 0.6) is 0 Å². The van der Waals surface area contributed by atoms with E-state index in [1.165, 1.54) is 6.92 Å². The molecule has 0 fully saturated rings. The first-order valence-corrected chi connectivity index (χ1v) is 3.72. The highest BCUT2D eigenvalue weighted by molar-refractivity contribution is 7.79. The van der Waals surface area contributed by atoms with Crippen molar-refractivity contribution in [2.24, 2.45) is 5.73 Å². The van der Waals surface area contributed by atoms with E-state index >= 15 is 0 Å². The van der Waals surface area contributed by atoms with Crippen molar-refractivity contribution in [3.63, 3.8) is 0 Å². The zero-order valence-electron chi connectivity index (χ0n) is 6.34. The standard InChI is InChI=1S/C3H7NO2.H3N.H2O4S/c1-2(4)3(5)6;;1-5(2,3)4/h2H,4H2,1H3,(H,5,6);1H3;(H2,1,2,3,4). The van der Waals surface area contributed by atoms with Crippen molar-refractivity contribution in [1.82, 2.24) is 6.15 Å². The molecule has 0 rings (SSSR count). The van der Waals surface area contributed by atoms with E-state index in [1.807, 2.05) is 0 Å². The normalized spacial score (nSPS) is 11.7. The van der Waals surface area contributed by atoms with E-state index in [4.69, 9.17) is 28.4 Å². The SMILES string of the molecule is CC(N)C(=O)O.N.O=S(=O)(O)O. The second-order valence-electron chi connectivity index (χ2n) is 1.57. The average molecular weight is 204 g/mol. The third-order valence-electron chi connectivity index (χ3n) is 0.390. The van der Waals surface area contributed by atoms with Crippen molar-refractivity contribution in [3.05, 3.63) is 0 Å². The van der Waals surface area contributed by atoms with E-state index in [0.717, 1.165) is 0 Å². The summed E-state index contributed by atoms with van der Waals surface area (Å²) in [6, 6.07) is -0.731. The number of carbonyl (C=O) groups is 1. The van der Waals surface area contributed by atoms with Gasteiger partial charge in [0.2, 0.25) is 0 Å². The summed E-state index contributed by atoms with van der Waals surface area (Å²) in [4.78, 5) is 9.57. The molecule has 8 nitrogen and oxygen atoms in total. The minimum absolute atomic E-state index is 0. The van der Waals surface area contributed by atoms with Gasteiger partial charge in [-0.05, 0) is 6.92 Å². The van der Waals surface area contributed by atoms with Gasteiger partial charge in [0.25, 0.3) is 0 Å². The van der Waals surface area contributed by atoms with Gasteiger partial charge in [-0.15, -0.1) is 0 Å². The summed E-state index contributed by atoms with van der Waals surface area (Å²) >= 11 is 0. The van der Waals surface area contributed by atoms with Gasteiger partial charge in [-0.25, -0.2) is 0 Å². The van der Waals surface area contributed by atoms with Crippen LogP contribution < -0.4 is 11.9 Å². The lowest BCUT2D eigenvalue weighted by Gasteiger charge is -1.90. The second-order valence-corrected chi connectivity index (χ2v) is 2.47. The smallest absolute Gasteiger partial charge is 0.394 e. The Morgan fingerprint density at radius 2 is 1.50 bits per heavy atom. The van der Waals surface area contributed by atoms with Crippen molar-refractivity contribution >= 4 is 16.4 Å². The van der Waals surface area contributed by atoms with Crippen molar-refractivity contribution in [2.75, 3.05) is 0 Å². The van der Waals surface area contributed by atoms with Crippen LogP contribution in [0.1, 0.15) is 6.92 Å². The van der Waals surface area contributed by atoms with Gasteiger partial charge in [0, 0.05) is 0 Å². The lowest BCUT2D eigenvalue weighted by atomic mass is 10.4. The lowest BCUT2D eigenvalue weighted by Crippen LogP contribution is -2.25. The molecule has 0 aliphatic rings. The number of aliphatic carboxylic acids is 1. The number of rotatable bonds is 1. The van der Waals surface area contributed by atoms with Crippen LogP contribution in [-0.2, 0) is 15.2 Å². The molecule has 8 N–H and O–H groups in total. The first-order valence-electron chi connectivity index (χ1n) is 2.33. The van der Waals surface area contributed by atoms with Crippen molar-refractivity contribution in [3.8, 4) is 0 Å². The summed E-state index contributed by atoms with van der Waals surface area (Å²) in [6.45, 7) is 1.42. The molecule has 0 saturated heterocycles. The van der Waals surface area contributed by atoms with E-state index in [9.17, 15) is 4.79 Å². The van der Waals surface area contributed by atoms with Gasteiger partial charge in [0.15, 0.2) is 0 Å². The Balaban J connectivity index is -0.000000126. The Bertz CT molecular complexity index is 201. The first-order chi connectivity index (χ1) is 4.64. The van der Waals surface area contributed by atoms with Crippen LogP contribution in [0.2, 0.25) is 0 Å². The van der Waals surface area contributed by atoms with Gasteiger partial charge < -0.3 is 17.0 Å². The molecule has 0 heterocycles. The Labute approximate surface area is 69.5 Å². The number of nitrogens with two attached hydrogens (primary N) is 1. The van der Waals surface area contributed by atoms with Crippen molar-refractivity contribution in [2.45, 2.75) is 13.0 Å². The Morgan fingerprint density at radius 3 is 1.50 bits per heavy atom. The van der Waals surface area contributed by atoms with E-state index in [1.54, 1.807) is 0 Å². The van der Waals surface area contributed by atoms with E-state index in [-0.39, 0.29) is 6.15 Å². The molecule has 0 aromatic rings. The van der Waals surface area contributed by atoms with Crippen LogP contribution in [0, 0.1) is 0 Å². The van der Waals surface area contributed by atoms with Crippen LogP contribution in [-0.4, -0.2) is 34.6 Å². The average Bonchev–Trinajstić information content (AvgIpc) is 1.59. The molecule has 0 spiro atoms. The zero-order valence-corrected chi connectivity index (χ0v) is 7.15. The Morgan fingerprint density at radius 1 is 1.42 bits per heavy atom. The largest absolute Gasteiger partial charge is 0.480 e. The van der Waals surface area contributed by atoms with Gasteiger partial charge >= 0.3 is 16.4 Å². The maximum atomic E-state index is 9.57. The topological polar surface area (TPSA) is 173 Å². The van der Waals surface area contributed by atoms with Gasteiger partial charge in [-0.3, -0.25) is 13.9 Å². The van der Waals surface area contributed by atoms with Crippen LogP contribution in [0.25, 0.3) is 0 Å². The molecule has 0 bridgehead atoms. The van der Waals surface area contributed by atoms with Crippen molar-refractivity contribution < 1.29 is 27.4 Å². The van der Waals surface area contributed by atoms with Gasteiger partial charge in [-0.1, -0.05) is 0 Å². The number of carboxylic acid groups (broad SMARTS) is 1. The fourth-order valence-corrected chi connectivity index (χ4v) is 0. The third kappa shape index (κ3) is 59.4.